The largest absolute Gasteiger partial charge is 0.465 e. The summed E-state index contributed by atoms with van der Waals surface area (Å²) in [5.74, 6) is -1.28. The first kappa shape index (κ1) is 19.7. The highest BCUT2D eigenvalue weighted by atomic mass is 19.4. The van der Waals surface area contributed by atoms with Crippen molar-refractivity contribution in [2.24, 2.45) is 0 Å². The fraction of sp³-hybridized carbons (Fsp3) is 0.333. The highest BCUT2D eigenvalue weighted by Gasteiger charge is 2.32. The maximum atomic E-state index is 14.5. The van der Waals surface area contributed by atoms with Crippen LogP contribution in [0.3, 0.4) is 0 Å². The number of ether oxygens (including phenoxy) is 1. The number of rotatable bonds is 5. The van der Waals surface area contributed by atoms with Gasteiger partial charge in [0.25, 0.3) is 0 Å². The van der Waals surface area contributed by atoms with Crippen LogP contribution in [0.1, 0.15) is 35.5 Å². The quantitative estimate of drug-likeness (QED) is 0.576. The molecule has 0 radical (unpaired) electrons. The second kappa shape index (κ2) is 7.72. The van der Waals surface area contributed by atoms with E-state index in [2.05, 4.69) is 9.72 Å². The second-order valence-electron chi connectivity index (χ2n) is 5.93. The van der Waals surface area contributed by atoms with Gasteiger partial charge >= 0.3 is 12.1 Å². The number of nitrogens with zero attached hydrogens (tertiary/aromatic N) is 2. The first-order chi connectivity index (χ1) is 12.1. The minimum absolute atomic E-state index is 0.0775. The van der Waals surface area contributed by atoms with Gasteiger partial charge in [0.05, 0.1) is 18.4 Å². The molecule has 0 saturated carbocycles. The Labute approximate surface area is 148 Å². The van der Waals surface area contributed by atoms with Gasteiger partial charge in [0.15, 0.2) is 0 Å². The maximum Gasteiger partial charge on any atom is 0.433 e. The Bertz CT molecular complexity index is 774. The minimum atomic E-state index is -4.51. The third-order valence-corrected chi connectivity index (χ3v) is 3.77. The van der Waals surface area contributed by atoms with Crippen molar-refractivity contribution >= 4 is 11.7 Å². The van der Waals surface area contributed by atoms with Crippen molar-refractivity contribution in [2.75, 3.05) is 12.0 Å². The number of halogens is 4. The minimum Gasteiger partial charge on any atom is -0.465 e. The Morgan fingerprint density at radius 3 is 2.38 bits per heavy atom. The normalized spacial score (nSPS) is 11.5. The van der Waals surface area contributed by atoms with Gasteiger partial charge in [-0.25, -0.2) is 9.18 Å². The summed E-state index contributed by atoms with van der Waals surface area (Å²) in [5, 5.41) is 0. The third kappa shape index (κ3) is 4.50. The predicted octanol–water partition coefficient (Wildman–Crippen LogP) is 4.44. The van der Waals surface area contributed by atoms with Crippen LogP contribution in [-0.2, 0) is 17.5 Å². The molecule has 0 unspecified atom stereocenters. The molecular formula is C18H18F4N2O2. The van der Waals surface area contributed by atoms with Gasteiger partial charge in [-0.3, -0.25) is 4.98 Å². The zero-order valence-corrected chi connectivity index (χ0v) is 14.5. The van der Waals surface area contributed by atoms with Gasteiger partial charge in [0.2, 0.25) is 0 Å². The molecule has 140 valence electrons. The van der Waals surface area contributed by atoms with Crippen molar-refractivity contribution in [3.63, 3.8) is 0 Å². The molecule has 0 spiro atoms. The highest BCUT2D eigenvalue weighted by Crippen LogP contribution is 2.28. The van der Waals surface area contributed by atoms with Crippen LogP contribution < -0.4 is 4.90 Å². The number of pyridine rings is 1. The molecule has 0 atom stereocenters. The van der Waals surface area contributed by atoms with E-state index < -0.39 is 23.7 Å². The summed E-state index contributed by atoms with van der Waals surface area (Å²) in [6.07, 6.45) is -3.38. The summed E-state index contributed by atoms with van der Waals surface area (Å²) < 4.78 is 56.8. The zero-order chi connectivity index (χ0) is 19.5. The summed E-state index contributed by atoms with van der Waals surface area (Å²) >= 11 is 0. The lowest BCUT2D eigenvalue weighted by molar-refractivity contribution is -0.141. The average molecular weight is 370 g/mol. The molecule has 2 aromatic rings. The Kier molecular flexibility index (Phi) is 5.84. The number of benzene rings is 1. The lowest BCUT2D eigenvalue weighted by Gasteiger charge is -2.29. The van der Waals surface area contributed by atoms with E-state index in [1.807, 2.05) is 13.8 Å². The first-order valence-electron chi connectivity index (χ1n) is 7.80. The van der Waals surface area contributed by atoms with Gasteiger partial charge < -0.3 is 9.64 Å². The van der Waals surface area contributed by atoms with Crippen LogP contribution in [0, 0.1) is 5.82 Å². The number of carbonyl (C=O) groups excluding carboxylic acids is 1. The number of hydrogen-bond donors (Lipinski definition) is 0. The van der Waals surface area contributed by atoms with E-state index in [1.165, 1.54) is 25.3 Å². The molecule has 8 heteroatoms. The van der Waals surface area contributed by atoms with Gasteiger partial charge in [-0.05, 0) is 43.7 Å². The molecule has 0 aliphatic heterocycles. The van der Waals surface area contributed by atoms with Crippen LogP contribution >= 0.6 is 0 Å². The monoisotopic (exact) mass is 370 g/mol. The van der Waals surface area contributed by atoms with Gasteiger partial charge in [-0.2, -0.15) is 13.2 Å². The van der Waals surface area contributed by atoms with Crippen LogP contribution in [0.5, 0.6) is 0 Å². The Balaban J connectivity index is 2.28. The van der Waals surface area contributed by atoms with E-state index >= 15 is 0 Å². The van der Waals surface area contributed by atoms with Crippen LogP contribution in [-0.4, -0.2) is 24.1 Å². The number of hydrogen-bond acceptors (Lipinski definition) is 4. The van der Waals surface area contributed by atoms with Gasteiger partial charge in [-0.15, -0.1) is 0 Å². The van der Waals surface area contributed by atoms with Crippen LogP contribution in [0.25, 0.3) is 0 Å². The SMILES string of the molecule is COC(=O)c1ccc(N(Cc2ccc(C(F)(F)F)nc2)C(C)C)c(F)c1. The molecule has 0 N–H and O–H groups in total. The van der Waals surface area contributed by atoms with Gasteiger partial charge in [0, 0.05) is 18.8 Å². The molecule has 2 rings (SSSR count). The molecule has 0 aliphatic rings. The van der Waals surface area contributed by atoms with E-state index in [9.17, 15) is 22.4 Å². The van der Waals surface area contributed by atoms with Crippen LogP contribution in [0.15, 0.2) is 36.5 Å². The van der Waals surface area contributed by atoms with Crippen molar-refractivity contribution in [2.45, 2.75) is 32.6 Å². The molecule has 0 amide bonds. The fourth-order valence-corrected chi connectivity index (χ4v) is 2.41. The summed E-state index contributed by atoms with van der Waals surface area (Å²) in [6, 6.07) is 6.01. The number of esters is 1. The number of carbonyl (C=O) groups is 1. The second-order valence-corrected chi connectivity index (χ2v) is 5.93. The molecule has 0 saturated heterocycles. The summed E-state index contributed by atoms with van der Waals surface area (Å²) in [6.45, 7) is 3.81. The van der Waals surface area contributed by atoms with Crippen LogP contribution in [0.2, 0.25) is 0 Å². The van der Waals surface area contributed by atoms with E-state index in [1.54, 1.807) is 4.90 Å². The third-order valence-electron chi connectivity index (χ3n) is 3.77. The molecule has 26 heavy (non-hydrogen) atoms. The number of aromatic nitrogens is 1. The molecule has 1 aromatic heterocycles. The molecular weight excluding hydrogens is 352 g/mol. The molecule has 0 fully saturated rings. The summed E-state index contributed by atoms with van der Waals surface area (Å²) in [4.78, 5) is 16.6. The van der Waals surface area contributed by atoms with Crippen molar-refractivity contribution < 1.29 is 27.1 Å². The highest BCUT2D eigenvalue weighted by molar-refractivity contribution is 5.89. The zero-order valence-electron chi connectivity index (χ0n) is 14.5. The maximum absolute atomic E-state index is 14.5. The fourth-order valence-electron chi connectivity index (χ4n) is 2.41. The first-order valence-corrected chi connectivity index (χ1v) is 7.80. The van der Waals surface area contributed by atoms with E-state index in [-0.39, 0.29) is 23.8 Å². The van der Waals surface area contributed by atoms with Crippen molar-refractivity contribution in [3.05, 3.63) is 59.2 Å². The topological polar surface area (TPSA) is 42.4 Å². The lowest BCUT2D eigenvalue weighted by Crippen LogP contribution is -2.31. The van der Waals surface area contributed by atoms with E-state index in [0.717, 1.165) is 18.3 Å². The molecule has 0 aliphatic carbocycles. The average Bonchev–Trinajstić information content (AvgIpc) is 2.58. The standard InChI is InChI=1S/C18H18F4N2O2/c1-11(2)24(10-12-4-7-16(23-9-12)18(20,21)22)15-6-5-13(8-14(15)19)17(25)26-3/h4-9,11H,10H2,1-3H3. The van der Waals surface area contributed by atoms with Crippen molar-refractivity contribution in [1.82, 2.24) is 4.98 Å². The summed E-state index contributed by atoms with van der Waals surface area (Å²) in [7, 11) is 1.20. The number of anilines is 1. The lowest BCUT2D eigenvalue weighted by atomic mass is 10.1. The Morgan fingerprint density at radius 2 is 1.92 bits per heavy atom. The van der Waals surface area contributed by atoms with E-state index in [4.69, 9.17) is 0 Å². The number of alkyl halides is 3. The van der Waals surface area contributed by atoms with Gasteiger partial charge in [-0.1, -0.05) is 6.07 Å². The predicted molar refractivity (Wildman–Crippen MR) is 88.3 cm³/mol. The van der Waals surface area contributed by atoms with Gasteiger partial charge in [0.1, 0.15) is 11.5 Å². The van der Waals surface area contributed by atoms with Crippen molar-refractivity contribution in [3.8, 4) is 0 Å². The molecule has 4 nitrogen and oxygen atoms in total. The molecule has 1 aromatic carbocycles. The number of methoxy groups -OCH3 is 1. The molecule has 1 heterocycles. The molecule has 0 bridgehead atoms. The van der Waals surface area contributed by atoms with E-state index in [0.29, 0.717) is 5.56 Å². The Hall–Kier alpha value is -2.64. The van der Waals surface area contributed by atoms with Crippen LogP contribution in [0.4, 0.5) is 23.2 Å². The summed E-state index contributed by atoms with van der Waals surface area (Å²) in [5.41, 5.74) is -0.171. The Morgan fingerprint density at radius 1 is 1.23 bits per heavy atom. The van der Waals surface area contributed by atoms with Crippen molar-refractivity contribution in [1.29, 1.82) is 0 Å². The smallest absolute Gasteiger partial charge is 0.433 e.